The number of allylic oxidation sites excluding steroid dienone is 1. The van der Waals surface area contributed by atoms with Crippen molar-refractivity contribution in [2.45, 2.75) is 36.0 Å². The molecule has 138 valence electrons. The van der Waals surface area contributed by atoms with Gasteiger partial charge in [0, 0.05) is 11.4 Å². The van der Waals surface area contributed by atoms with Crippen LogP contribution in [0.25, 0.3) is 6.08 Å². The van der Waals surface area contributed by atoms with Crippen molar-refractivity contribution in [2.24, 2.45) is 0 Å². The minimum absolute atomic E-state index is 0.394. The molecule has 0 saturated carbocycles. The summed E-state index contributed by atoms with van der Waals surface area (Å²) >= 11 is 19.4. The number of benzene rings is 2. The minimum Gasteiger partial charge on any atom is -0.497 e. The third kappa shape index (κ3) is 3.98. The second kappa shape index (κ2) is 8.12. The number of anilines is 1. The van der Waals surface area contributed by atoms with E-state index in [0.29, 0.717) is 0 Å². The molecule has 3 rings (SSSR count). The molecule has 1 heterocycles. The Labute approximate surface area is 170 Å². The molecule has 0 aliphatic carbocycles. The molecule has 0 saturated heterocycles. The number of alkyl halides is 3. The second-order valence-electron chi connectivity index (χ2n) is 6.38. The van der Waals surface area contributed by atoms with E-state index < -0.39 is 9.83 Å². The van der Waals surface area contributed by atoms with Crippen LogP contribution in [0.3, 0.4) is 0 Å². The van der Waals surface area contributed by atoms with Gasteiger partial charge in [0.2, 0.25) is 3.79 Å². The van der Waals surface area contributed by atoms with Crippen molar-refractivity contribution in [1.82, 2.24) is 0 Å². The molecule has 2 aromatic rings. The lowest BCUT2D eigenvalue weighted by molar-refractivity contribution is 0.415. The van der Waals surface area contributed by atoms with Gasteiger partial charge in [-0.25, -0.2) is 0 Å². The molecule has 0 N–H and O–H groups in total. The number of nitrogens with zero attached hydrogens (tertiary/aromatic N) is 1. The summed E-state index contributed by atoms with van der Waals surface area (Å²) in [4.78, 5) is 2.16. The molecule has 2 nitrogen and oxygen atoms in total. The number of hydrogen-bond donors (Lipinski definition) is 0. The van der Waals surface area contributed by atoms with Gasteiger partial charge in [-0.1, -0.05) is 72.4 Å². The van der Waals surface area contributed by atoms with Crippen LogP contribution in [0.15, 0.2) is 54.2 Å². The van der Waals surface area contributed by atoms with Crippen LogP contribution >= 0.6 is 34.8 Å². The molecule has 0 radical (unpaired) electrons. The van der Waals surface area contributed by atoms with E-state index in [1.807, 2.05) is 42.5 Å². The van der Waals surface area contributed by atoms with Crippen LogP contribution in [-0.4, -0.2) is 10.9 Å². The lowest BCUT2D eigenvalue weighted by atomic mass is 9.92. The number of halogens is 3. The highest BCUT2D eigenvalue weighted by Crippen LogP contribution is 2.51. The van der Waals surface area contributed by atoms with Crippen molar-refractivity contribution >= 4 is 46.6 Å². The Bertz CT molecular complexity index is 781. The molecular weight excluding hydrogens is 389 g/mol. The highest BCUT2D eigenvalue weighted by molar-refractivity contribution is 6.68. The Kier molecular flexibility index (Phi) is 6.06. The lowest BCUT2D eigenvalue weighted by Gasteiger charge is -2.43. The summed E-state index contributed by atoms with van der Waals surface area (Å²) in [6, 6.07) is 15.6. The Morgan fingerprint density at radius 1 is 1.04 bits per heavy atom. The van der Waals surface area contributed by atoms with Gasteiger partial charge in [-0.05, 0) is 54.3 Å². The lowest BCUT2D eigenvalue weighted by Crippen LogP contribution is -2.38. The quantitative estimate of drug-likeness (QED) is 0.485. The molecule has 2 aromatic carbocycles. The zero-order valence-electron chi connectivity index (χ0n) is 14.9. The molecule has 0 fully saturated rings. The zero-order valence-corrected chi connectivity index (χ0v) is 17.2. The fraction of sp³-hybridized carbons (Fsp3) is 0.333. The molecule has 1 unspecified atom stereocenters. The van der Waals surface area contributed by atoms with Gasteiger partial charge in [0.25, 0.3) is 0 Å². The smallest absolute Gasteiger partial charge is 0.215 e. The Hall–Kier alpha value is -1.35. The normalized spacial score (nSPS) is 16.9. The third-order valence-electron chi connectivity index (χ3n) is 4.63. The second-order valence-corrected chi connectivity index (χ2v) is 8.75. The van der Waals surface area contributed by atoms with Crippen LogP contribution < -0.4 is 9.64 Å². The molecule has 0 aromatic heterocycles. The number of ether oxygens (including phenoxy) is 1. The molecule has 0 amide bonds. The predicted molar refractivity (Wildman–Crippen MR) is 112 cm³/mol. The third-order valence-corrected chi connectivity index (χ3v) is 5.25. The minimum atomic E-state index is -1.47. The van der Waals surface area contributed by atoms with E-state index in [2.05, 4.69) is 24.0 Å². The summed E-state index contributed by atoms with van der Waals surface area (Å²) in [6.07, 6.45) is 5.32. The van der Waals surface area contributed by atoms with Gasteiger partial charge in [-0.2, -0.15) is 0 Å². The topological polar surface area (TPSA) is 12.5 Å². The first kappa shape index (κ1) is 19.4. The van der Waals surface area contributed by atoms with Crippen LogP contribution in [0.5, 0.6) is 5.75 Å². The summed E-state index contributed by atoms with van der Waals surface area (Å²) in [5, 5.41) is 0. The van der Waals surface area contributed by atoms with E-state index in [1.165, 1.54) is 0 Å². The molecular formula is C21H22Cl3NO. The predicted octanol–water partition coefficient (Wildman–Crippen LogP) is 7.16. The number of hydrogen-bond acceptors (Lipinski definition) is 2. The largest absolute Gasteiger partial charge is 0.497 e. The summed E-state index contributed by atoms with van der Waals surface area (Å²) < 4.78 is 3.82. The van der Waals surface area contributed by atoms with E-state index in [1.54, 1.807) is 7.11 Å². The standard InChI is InChI=1S/C21H22Cl3NO/c1-3-4-8-17-14-15-7-5-6-9-19(15)20(21(22,23)24)25(17)16-10-12-18(26-2)13-11-16/h5-7,9-14,20H,3-4,8H2,1-2H3. The van der Waals surface area contributed by atoms with Crippen molar-refractivity contribution in [3.05, 3.63) is 65.4 Å². The van der Waals surface area contributed by atoms with Crippen molar-refractivity contribution in [2.75, 3.05) is 12.0 Å². The fourth-order valence-corrected chi connectivity index (χ4v) is 4.02. The number of unbranched alkanes of at least 4 members (excludes halogenated alkanes) is 1. The first-order valence-corrected chi connectivity index (χ1v) is 9.88. The summed E-state index contributed by atoms with van der Waals surface area (Å²) in [7, 11) is 1.66. The first-order valence-electron chi connectivity index (χ1n) is 8.75. The monoisotopic (exact) mass is 409 g/mol. The maximum Gasteiger partial charge on any atom is 0.215 e. The van der Waals surface area contributed by atoms with Gasteiger partial charge in [0.15, 0.2) is 0 Å². The molecule has 5 heteroatoms. The molecule has 26 heavy (non-hydrogen) atoms. The van der Waals surface area contributed by atoms with Crippen LogP contribution in [0.1, 0.15) is 43.4 Å². The maximum absolute atomic E-state index is 6.48. The Morgan fingerprint density at radius 2 is 1.73 bits per heavy atom. The Morgan fingerprint density at radius 3 is 2.35 bits per heavy atom. The SMILES string of the molecule is CCCCC1=Cc2ccccc2C(C(Cl)(Cl)Cl)N1c1ccc(OC)cc1. The summed E-state index contributed by atoms with van der Waals surface area (Å²) in [5.74, 6) is 0.802. The van der Waals surface area contributed by atoms with E-state index in [4.69, 9.17) is 39.5 Å². The van der Waals surface area contributed by atoms with Crippen LogP contribution in [0.4, 0.5) is 5.69 Å². The van der Waals surface area contributed by atoms with Gasteiger partial charge in [0.1, 0.15) is 11.8 Å². The van der Waals surface area contributed by atoms with Crippen molar-refractivity contribution in [3.8, 4) is 5.75 Å². The number of rotatable bonds is 5. The molecule has 1 aliphatic heterocycles. The van der Waals surface area contributed by atoms with Gasteiger partial charge >= 0.3 is 0 Å². The van der Waals surface area contributed by atoms with E-state index >= 15 is 0 Å². The van der Waals surface area contributed by atoms with Gasteiger partial charge in [0.05, 0.1) is 7.11 Å². The van der Waals surface area contributed by atoms with Crippen LogP contribution in [-0.2, 0) is 0 Å². The Balaban J connectivity index is 2.14. The average Bonchev–Trinajstić information content (AvgIpc) is 2.64. The van der Waals surface area contributed by atoms with Crippen LogP contribution in [0, 0.1) is 0 Å². The number of methoxy groups -OCH3 is 1. The average molecular weight is 411 g/mol. The molecule has 1 atom stereocenters. The fourth-order valence-electron chi connectivity index (χ4n) is 3.38. The summed E-state index contributed by atoms with van der Waals surface area (Å²) in [5.41, 5.74) is 4.27. The van der Waals surface area contributed by atoms with Crippen molar-refractivity contribution < 1.29 is 4.74 Å². The first-order chi connectivity index (χ1) is 12.5. The molecule has 0 bridgehead atoms. The molecule has 1 aliphatic rings. The number of fused-ring (bicyclic) bond motifs is 1. The highest BCUT2D eigenvalue weighted by atomic mass is 35.6. The molecule has 0 spiro atoms. The van der Waals surface area contributed by atoms with E-state index in [9.17, 15) is 0 Å². The highest BCUT2D eigenvalue weighted by Gasteiger charge is 2.42. The van der Waals surface area contributed by atoms with Crippen molar-refractivity contribution in [1.29, 1.82) is 0 Å². The van der Waals surface area contributed by atoms with Gasteiger partial charge < -0.3 is 9.64 Å². The maximum atomic E-state index is 6.48. The van der Waals surface area contributed by atoms with Gasteiger partial charge in [-0.3, -0.25) is 0 Å². The van der Waals surface area contributed by atoms with Crippen molar-refractivity contribution in [3.63, 3.8) is 0 Å². The summed E-state index contributed by atoms with van der Waals surface area (Å²) in [6.45, 7) is 2.18. The zero-order chi connectivity index (χ0) is 18.7. The van der Waals surface area contributed by atoms with E-state index in [-0.39, 0.29) is 0 Å². The van der Waals surface area contributed by atoms with Crippen LogP contribution in [0.2, 0.25) is 0 Å². The van der Waals surface area contributed by atoms with Gasteiger partial charge in [-0.15, -0.1) is 0 Å². The van der Waals surface area contributed by atoms with E-state index in [0.717, 1.165) is 47.5 Å².